The first-order valence-corrected chi connectivity index (χ1v) is 16.1. The van der Waals surface area contributed by atoms with E-state index in [0.717, 1.165) is 5.92 Å². The smallest absolute Gasteiger partial charge is 0.00103 e. The van der Waals surface area contributed by atoms with Gasteiger partial charge in [-0.1, -0.05) is 137 Å². The third-order valence-electron chi connectivity index (χ3n) is 7.48. The molecule has 0 aliphatic carbocycles. The van der Waals surface area contributed by atoms with Crippen molar-refractivity contribution in [3.8, 4) is 0 Å². The Hall–Kier alpha value is -0.0800. The van der Waals surface area contributed by atoms with Crippen molar-refractivity contribution >= 4 is 0 Å². The summed E-state index contributed by atoms with van der Waals surface area (Å²) in [6, 6.07) is 0.625. The number of rotatable bonds is 28. The Morgan fingerprint density at radius 3 is 1.44 bits per heavy atom. The van der Waals surface area contributed by atoms with E-state index in [-0.39, 0.29) is 1.43 Å². The molecule has 0 aromatic heterocycles. The summed E-state index contributed by atoms with van der Waals surface area (Å²) in [4.78, 5) is 2.89. The Labute approximate surface area is 219 Å². The Morgan fingerprint density at radius 2 is 0.941 bits per heavy atom. The van der Waals surface area contributed by atoms with Crippen molar-refractivity contribution in [3.63, 3.8) is 0 Å². The van der Waals surface area contributed by atoms with Crippen molar-refractivity contribution in [2.24, 2.45) is 5.92 Å². The minimum Gasteiger partial charge on any atom is -0.315 e. The van der Waals surface area contributed by atoms with Crippen LogP contribution in [0.1, 0.15) is 171 Å². The molecule has 0 rings (SSSR count). The van der Waals surface area contributed by atoms with E-state index in [1.54, 1.807) is 0 Å². The highest BCUT2D eigenvalue weighted by molar-refractivity contribution is 4.69. The third kappa shape index (κ3) is 25.0. The van der Waals surface area contributed by atoms with Gasteiger partial charge in [-0.15, -0.1) is 0 Å². The molecule has 1 N–H and O–H groups in total. The van der Waals surface area contributed by atoms with Crippen LogP contribution >= 0.6 is 0 Å². The first kappa shape index (κ1) is 33.9. The van der Waals surface area contributed by atoms with Gasteiger partial charge in [0.25, 0.3) is 0 Å². The molecule has 0 aliphatic heterocycles. The van der Waals surface area contributed by atoms with E-state index >= 15 is 0 Å². The Morgan fingerprint density at radius 1 is 0.529 bits per heavy atom. The summed E-state index contributed by atoms with van der Waals surface area (Å²) < 4.78 is 0. The third-order valence-corrected chi connectivity index (χ3v) is 7.48. The van der Waals surface area contributed by atoms with Crippen LogP contribution in [0, 0.1) is 5.92 Å². The fourth-order valence-corrected chi connectivity index (χ4v) is 5.20. The molecular weight excluding hydrogens is 412 g/mol. The Bertz CT molecular complexity index is 375. The van der Waals surface area contributed by atoms with Gasteiger partial charge in [-0.3, -0.25) is 0 Å². The van der Waals surface area contributed by atoms with Crippen LogP contribution in [0.4, 0.5) is 0 Å². The predicted octanol–water partition coefficient (Wildman–Crippen LogP) is 10.4. The summed E-state index contributed by atoms with van der Waals surface area (Å²) in [6.07, 6.45) is 29.9. The average Bonchev–Trinajstić information content (AvgIpc) is 2.82. The monoisotopic (exact) mass is 483 g/mol. The van der Waals surface area contributed by atoms with Crippen LogP contribution in [0.5, 0.6) is 0 Å². The second-order valence-electron chi connectivity index (χ2n) is 11.5. The SMILES string of the molecule is CCCCCCCCC(CCCCCC)CN(CCCCCCCC)CCCCCNC(C)C.[HH]. The van der Waals surface area contributed by atoms with E-state index in [2.05, 4.69) is 44.8 Å². The molecule has 0 aromatic rings. The number of hydrogen-bond acceptors (Lipinski definition) is 2. The first-order chi connectivity index (χ1) is 16.6. The van der Waals surface area contributed by atoms with Crippen LogP contribution < -0.4 is 5.32 Å². The number of nitrogens with one attached hydrogen (secondary N) is 1. The van der Waals surface area contributed by atoms with Gasteiger partial charge in [0.05, 0.1) is 0 Å². The Balaban J connectivity index is 0. The molecule has 1 atom stereocenters. The number of unbranched alkanes of at least 4 members (excludes halogenated alkanes) is 15. The second-order valence-corrected chi connectivity index (χ2v) is 11.5. The van der Waals surface area contributed by atoms with Crippen molar-refractivity contribution in [1.29, 1.82) is 0 Å². The summed E-state index contributed by atoms with van der Waals surface area (Å²) >= 11 is 0. The van der Waals surface area contributed by atoms with Crippen LogP contribution in [-0.4, -0.2) is 37.1 Å². The maximum absolute atomic E-state index is 3.59. The van der Waals surface area contributed by atoms with Gasteiger partial charge in [0.2, 0.25) is 0 Å². The molecule has 0 aliphatic rings. The van der Waals surface area contributed by atoms with Gasteiger partial charge in [0.15, 0.2) is 0 Å². The zero-order valence-corrected chi connectivity index (χ0v) is 24.8. The van der Waals surface area contributed by atoms with Crippen LogP contribution in [-0.2, 0) is 0 Å². The molecule has 2 heteroatoms. The number of hydrogen-bond donors (Lipinski definition) is 1. The van der Waals surface area contributed by atoms with Crippen LogP contribution in [0.15, 0.2) is 0 Å². The van der Waals surface area contributed by atoms with Gasteiger partial charge >= 0.3 is 0 Å². The van der Waals surface area contributed by atoms with Crippen molar-refractivity contribution in [2.45, 2.75) is 175 Å². The molecule has 0 bridgehead atoms. The molecule has 0 heterocycles. The molecule has 2 nitrogen and oxygen atoms in total. The minimum atomic E-state index is 0. The molecule has 0 amide bonds. The molecule has 1 unspecified atom stereocenters. The minimum absolute atomic E-state index is 0. The van der Waals surface area contributed by atoms with E-state index in [1.807, 2.05) is 0 Å². The lowest BCUT2D eigenvalue weighted by Gasteiger charge is -2.28. The van der Waals surface area contributed by atoms with E-state index in [9.17, 15) is 0 Å². The van der Waals surface area contributed by atoms with E-state index < -0.39 is 0 Å². The maximum atomic E-state index is 3.59. The van der Waals surface area contributed by atoms with Gasteiger partial charge in [0.1, 0.15) is 0 Å². The molecule has 34 heavy (non-hydrogen) atoms. The Kier molecular flexibility index (Phi) is 27.4. The van der Waals surface area contributed by atoms with Gasteiger partial charge in [-0.2, -0.15) is 0 Å². The summed E-state index contributed by atoms with van der Waals surface area (Å²) in [5.74, 6) is 0.936. The maximum Gasteiger partial charge on any atom is 0.00103 e. The quantitative estimate of drug-likeness (QED) is 0.112. The van der Waals surface area contributed by atoms with Crippen molar-refractivity contribution < 1.29 is 1.43 Å². The molecule has 0 saturated carbocycles. The molecule has 0 spiro atoms. The van der Waals surface area contributed by atoms with Crippen LogP contribution in [0.2, 0.25) is 0 Å². The molecular formula is C32H70N2. The standard InChI is InChI=1S/C32H68N2.H2/c1-6-9-12-15-17-21-26-32(25-20-14-11-8-3)30-34(28-23-18-16-13-10-7-2)29-24-19-22-27-33-31(4)5;/h31-33H,6-30H2,1-5H3;1H. The highest BCUT2D eigenvalue weighted by Gasteiger charge is 2.14. The molecule has 0 fully saturated rings. The zero-order valence-electron chi connectivity index (χ0n) is 24.8. The fourth-order valence-electron chi connectivity index (χ4n) is 5.20. The van der Waals surface area contributed by atoms with E-state index in [1.165, 1.54) is 161 Å². The predicted molar refractivity (Wildman–Crippen MR) is 159 cm³/mol. The zero-order chi connectivity index (χ0) is 25.1. The second kappa shape index (κ2) is 27.5. The van der Waals surface area contributed by atoms with Crippen molar-refractivity contribution in [3.05, 3.63) is 0 Å². The van der Waals surface area contributed by atoms with E-state index in [0.29, 0.717) is 6.04 Å². The van der Waals surface area contributed by atoms with Gasteiger partial charge in [0, 0.05) is 14.0 Å². The largest absolute Gasteiger partial charge is 0.315 e. The average molecular weight is 483 g/mol. The summed E-state index contributed by atoms with van der Waals surface area (Å²) in [5.41, 5.74) is 0. The van der Waals surface area contributed by atoms with Crippen molar-refractivity contribution in [2.75, 3.05) is 26.2 Å². The molecule has 0 radical (unpaired) electrons. The number of nitrogens with zero attached hydrogens (tertiary/aromatic N) is 1. The summed E-state index contributed by atoms with van der Waals surface area (Å²) in [6.45, 7) is 16.7. The van der Waals surface area contributed by atoms with Gasteiger partial charge < -0.3 is 10.2 Å². The highest BCUT2D eigenvalue weighted by Crippen LogP contribution is 2.21. The van der Waals surface area contributed by atoms with Crippen LogP contribution in [0.25, 0.3) is 0 Å². The highest BCUT2D eigenvalue weighted by atomic mass is 15.1. The lowest BCUT2D eigenvalue weighted by atomic mass is 9.93. The molecule has 208 valence electrons. The van der Waals surface area contributed by atoms with Gasteiger partial charge in [-0.25, -0.2) is 0 Å². The summed E-state index contributed by atoms with van der Waals surface area (Å²) in [5, 5.41) is 3.59. The van der Waals surface area contributed by atoms with E-state index in [4.69, 9.17) is 0 Å². The van der Waals surface area contributed by atoms with Gasteiger partial charge in [-0.05, 0) is 57.7 Å². The van der Waals surface area contributed by atoms with Crippen LogP contribution in [0.3, 0.4) is 0 Å². The topological polar surface area (TPSA) is 15.3 Å². The van der Waals surface area contributed by atoms with Crippen molar-refractivity contribution in [1.82, 2.24) is 10.2 Å². The lowest BCUT2D eigenvalue weighted by Crippen LogP contribution is -2.32. The first-order valence-electron chi connectivity index (χ1n) is 16.1. The molecule has 0 saturated heterocycles. The molecule has 0 aromatic carbocycles. The summed E-state index contributed by atoms with van der Waals surface area (Å²) in [7, 11) is 0. The fraction of sp³-hybridized carbons (Fsp3) is 1.00. The normalized spacial score (nSPS) is 12.8. The lowest BCUT2D eigenvalue weighted by molar-refractivity contribution is 0.204.